The summed E-state index contributed by atoms with van der Waals surface area (Å²) in [7, 11) is 0. The van der Waals surface area contributed by atoms with E-state index in [2.05, 4.69) is 4.98 Å². The molecule has 1 fully saturated rings. The first kappa shape index (κ1) is 13.9. The molecule has 1 unspecified atom stereocenters. The highest BCUT2D eigenvalue weighted by molar-refractivity contribution is 8.00. The third-order valence-corrected chi connectivity index (χ3v) is 4.35. The third-order valence-electron chi connectivity index (χ3n) is 3.35. The lowest BCUT2D eigenvalue weighted by molar-refractivity contribution is -0.147. The van der Waals surface area contributed by atoms with E-state index in [1.165, 1.54) is 11.8 Å². The second kappa shape index (κ2) is 5.61. The molecule has 1 amide bonds. The Balaban J connectivity index is 1.87. The fourth-order valence-corrected chi connectivity index (χ4v) is 2.81. The molecule has 0 radical (unpaired) electrons. The quantitative estimate of drug-likeness (QED) is 0.846. The van der Waals surface area contributed by atoms with Crippen molar-refractivity contribution >= 4 is 23.6 Å². The van der Waals surface area contributed by atoms with Crippen molar-refractivity contribution in [3.8, 4) is 0 Å². The molecule has 0 aliphatic carbocycles. The molecule has 1 aliphatic heterocycles. The molecule has 0 saturated carbocycles. The van der Waals surface area contributed by atoms with E-state index in [4.69, 9.17) is 5.11 Å². The molecular weight excluding hydrogens is 264 g/mol. The van der Waals surface area contributed by atoms with Crippen LogP contribution in [0.2, 0.25) is 0 Å². The number of carbonyl (C=O) groups is 2. The lowest BCUT2D eigenvalue weighted by Gasteiger charge is -2.20. The van der Waals surface area contributed by atoms with Gasteiger partial charge in [-0.3, -0.25) is 14.6 Å². The van der Waals surface area contributed by atoms with Crippen molar-refractivity contribution in [1.82, 2.24) is 9.88 Å². The van der Waals surface area contributed by atoms with Gasteiger partial charge in [-0.05, 0) is 25.5 Å². The number of carboxylic acid groups (broad SMARTS) is 1. The molecule has 1 atom stereocenters. The predicted octanol–water partition coefficient (Wildman–Crippen LogP) is 1.50. The second-order valence-electron chi connectivity index (χ2n) is 4.90. The Morgan fingerprint density at radius 1 is 1.47 bits per heavy atom. The lowest BCUT2D eigenvalue weighted by Crippen LogP contribution is -2.35. The maximum Gasteiger partial charge on any atom is 0.311 e. The van der Waals surface area contributed by atoms with Gasteiger partial charge in [-0.2, -0.15) is 0 Å². The predicted molar refractivity (Wildman–Crippen MR) is 71.9 cm³/mol. The maximum atomic E-state index is 12.0. The van der Waals surface area contributed by atoms with E-state index >= 15 is 0 Å². The number of carboxylic acids is 1. The Bertz CT molecular complexity index is 480. The van der Waals surface area contributed by atoms with Gasteiger partial charge in [0.15, 0.2) is 0 Å². The zero-order valence-electron chi connectivity index (χ0n) is 10.7. The average molecular weight is 280 g/mol. The number of thioether (sulfide) groups is 1. The SMILES string of the molecule is CC1(C(=O)O)CCN(C(=O)CSc2ccncc2)C1. The molecule has 1 saturated heterocycles. The van der Waals surface area contributed by atoms with Crippen LogP contribution in [0.1, 0.15) is 13.3 Å². The van der Waals surface area contributed by atoms with Crippen LogP contribution in [0.15, 0.2) is 29.4 Å². The molecule has 1 aliphatic rings. The lowest BCUT2D eigenvalue weighted by atomic mass is 9.90. The van der Waals surface area contributed by atoms with E-state index < -0.39 is 11.4 Å². The molecular formula is C13H16N2O3S. The molecule has 0 spiro atoms. The summed E-state index contributed by atoms with van der Waals surface area (Å²) < 4.78 is 0. The molecule has 6 heteroatoms. The summed E-state index contributed by atoms with van der Waals surface area (Å²) in [6.45, 7) is 2.52. The van der Waals surface area contributed by atoms with Crippen LogP contribution in [0, 0.1) is 5.41 Å². The second-order valence-corrected chi connectivity index (χ2v) is 5.95. The van der Waals surface area contributed by atoms with Crippen LogP contribution < -0.4 is 0 Å². The standard InChI is InChI=1S/C13H16N2O3S/c1-13(12(17)18)4-7-15(9-13)11(16)8-19-10-2-5-14-6-3-10/h2-3,5-6H,4,7-9H2,1H3,(H,17,18). The molecule has 0 aromatic carbocycles. The van der Waals surface area contributed by atoms with Gasteiger partial charge in [-0.25, -0.2) is 0 Å². The smallest absolute Gasteiger partial charge is 0.311 e. The van der Waals surface area contributed by atoms with Crippen molar-refractivity contribution in [2.45, 2.75) is 18.2 Å². The molecule has 2 rings (SSSR count). The van der Waals surface area contributed by atoms with Gasteiger partial charge in [0.25, 0.3) is 0 Å². The summed E-state index contributed by atoms with van der Waals surface area (Å²) in [5.41, 5.74) is -0.795. The zero-order chi connectivity index (χ0) is 13.9. The minimum atomic E-state index is -0.829. The molecule has 1 N–H and O–H groups in total. The van der Waals surface area contributed by atoms with E-state index in [0.29, 0.717) is 25.3 Å². The summed E-state index contributed by atoms with van der Waals surface area (Å²) >= 11 is 1.45. The first-order valence-corrected chi connectivity index (χ1v) is 7.04. The number of amides is 1. The van der Waals surface area contributed by atoms with Gasteiger partial charge in [0.05, 0.1) is 11.2 Å². The minimum Gasteiger partial charge on any atom is -0.481 e. The number of hydrogen-bond acceptors (Lipinski definition) is 4. The summed E-state index contributed by atoms with van der Waals surface area (Å²) in [5, 5.41) is 9.13. The highest BCUT2D eigenvalue weighted by Gasteiger charge is 2.41. The number of carbonyl (C=O) groups excluding carboxylic acids is 1. The summed E-state index contributed by atoms with van der Waals surface area (Å²) in [6.07, 6.45) is 3.89. The topological polar surface area (TPSA) is 70.5 Å². The van der Waals surface area contributed by atoms with Crippen LogP contribution in [0.25, 0.3) is 0 Å². The van der Waals surface area contributed by atoms with Crippen molar-refractivity contribution in [3.63, 3.8) is 0 Å². The van der Waals surface area contributed by atoms with E-state index in [1.54, 1.807) is 24.2 Å². The van der Waals surface area contributed by atoms with E-state index in [1.807, 2.05) is 12.1 Å². The van der Waals surface area contributed by atoms with Gasteiger partial charge in [-0.15, -0.1) is 11.8 Å². The Morgan fingerprint density at radius 2 is 2.16 bits per heavy atom. The molecule has 1 aromatic heterocycles. The Kier molecular flexibility index (Phi) is 4.09. The van der Waals surface area contributed by atoms with Crippen LogP contribution in [-0.2, 0) is 9.59 Å². The number of likely N-dealkylation sites (tertiary alicyclic amines) is 1. The first-order valence-electron chi connectivity index (χ1n) is 6.05. The van der Waals surface area contributed by atoms with Gasteiger partial charge < -0.3 is 10.0 Å². The van der Waals surface area contributed by atoms with Crippen LogP contribution in [0.5, 0.6) is 0 Å². The van der Waals surface area contributed by atoms with Crippen molar-refractivity contribution in [2.75, 3.05) is 18.8 Å². The third kappa shape index (κ3) is 3.26. The Morgan fingerprint density at radius 3 is 2.74 bits per heavy atom. The zero-order valence-corrected chi connectivity index (χ0v) is 11.5. The van der Waals surface area contributed by atoms with Crippen molar-refractivity contribution in [1.29, 1.82) is 0 Å². The number of pyridine rings is 1. The molecule has 19 heavy (non-hydrogen) atoms. The van der Waals surface area contributed by atoms with Crippen LogP contribution in [0.4, 0.5) is 0 Å². The van der Waals surface area contributed by atoms with Crippen LogP contribution >= 0.6 is 11.8 Å². The highest BCUT2D eigenvalue weighted by atomic mass is 32.2. The van der Waals surface area contributed by atoms with Gasteiger partial charge in [0.1, 0.15) is 0 Å². The molecule has 0 bridgehead atoms. The highest BCUT2D eigenvalue weighted by Crippen LogP contribution is 2.30. The summed E-state index contributed by atoms with van der Waals surface area (Å²) in [6, 6.07) is 3.70. The summed E-state index contributed by atoms with van der Waals surface area (Å²) in [5.74, 6) is -0.504. The monoisotopic (exact) mass is 280 g/mol. The van der Waals surface area contributed by atoms with Crippen LogP contribution in [-0.4, -0.2) is 45.7 Å². The largest absolute Gasteiger partial charge is 0.481 e. The van der Waals surface area contributed by atoms with Crippen molar-refractivity contribution in [3.05, 3.63) is 24.5 Å². The normalized spacial score (nSPS) is 22.5. The molecule has 5 nitrogen and oxygen atoms in total. The maximum absolute atomic E-state index is 12.0. The van der Waals surface area contributed by atoms with Gasteiger partial charge >= 0.3 is 5.97 Å². The Hall–Kier alpha value is -1.56. The number of nitrogens with zero attached hydrogens (tertiary/aromatic N) is 2. The number of aliphatic carboxylic acids is 1. The fourth-order valence-electron chi connectivity index (χ4n) is 2.02. The van der Waals surface area contributed by atoms with Gasteiger partial charge in [0.2, 0.25) is 5.91 Å². The molecule has 2 heterocycles. The number of rotatable bonds is 4. The fraction of sp³-hybridized carbons (Fsp3) is 0.462. The molecule has 1 aromatic rings. The minimum absolute atomic E-state index is 0.00760. The number of hydrogen-bond donors (Lipinski definition) is 1. The molecule has 102 valence electrons. The van der Waals surface area contributed by atoms with Crippen molar-refractivity contribution < 1.29 is 14.7 Å². The first-order chi connectivity index (χ1) is 9.01. The van der Waals surface area contributed by atoms with E-state index in [9.17, 15) is 9.59 Å². The van der Waals surface area contributed by atoms with E-state index in [-0.39, 0.29) is 5.91 Å². The van der Waals surface area contributed by atoms with Gasteiger partial charge in [0, 0.05) is 30.4 Å². The average Bonchev–Trinajstić information content (AvgIpc) is 2.81. The number of aromatic nitrogens is 1. The van der Waals surface area contributed by atoms with E-state index in [0.717, 1.165) is 4.90 Å². The van der Waals surface area contributed by atoms with Gasteiger partial charge in [-0.1, -0.05) is 0 Å². The summed E-state index contributed by atoms with van der Waals surface area (Å²) in [4.78, 5) is 29.7. The van der Waals surface area contributed by atoms with Crippen LogP contribution in [0.3, 0.4) is 0 Å². The Labute approximate surface area is 116 Å². The van der Waals surface area contributed by atoms with Crippen molar-refractivity contribution in [2.24, 2.45) is 5.41 Å².